The molecule has 0 aliphatic heterocycles. The Morgan fingerprint density at radius 3 is 2.41 bits per heavy atom. The Hall–Kier alpha value is -1.70. The molecule has 0 fully saturated rings. The van der Waals surface area contributed by atoms with Gasteiger partial charge in [-0.15, -0.1) is 24.0 Å². The minimum atomic E-state index is -0.0568. The number of aryl methyl sites for hydroxylation is 1. The van der Waals surface area contributed by atoms with Crippen molar-refractivity contribution in [1.29, 1.82) is 0 Å². The van der Waals surface area contributed by atoms with Crippen LogP contribution in [0.25, 0.3) is 0 Å². The summed E-state index contributed by atoms with van der Waals surface area (Å²) in [7, 11) is 5.84. The van der Waals surface area contributed by atoms with Crippen molar-refractivity contribution in [3.05, 3.63) is 53.9 Å². The molecule has 0 saturated heterocycles. The van der Waals surface area contributed by atoms with Crippen molar-refractivity contribution in [2.45, 2.75) is 32.7 Å². The van der Waals surface area contributed by atoms with Gasteiger partial charge in [0.25, 0.3) is 0 Å². The van der Waals surface area contributed by atoms with E-state index in [1.165, 1.54) is 11.3 Å². The summed E-state index contributed by atoms with van der Waals surface area (Å²) >= 11 is 0. The number of aromatic nitrogens is 1. The number of aliphatic imine (C=N–C) groups is 1. The van der Waals surface area contributed by atoms with Crippen LogP contribution in [-0.2, 0) is 19.0 Å². The maximum absolute atomic E-state index is 5.26. The Balaban J connectivity index is 0.00000364. The van der Waals surface area contributed by atoms with Crippen molar-refractivity contribution in [3.63, 3.8) is 0 Å². The van der Waals surface area contributed by atoms with Crippen molar-refractivity contribution in [2.75, 3.05) is 27.2 Å². The Bertz CT molecular complexity index is 722. The molecule has 1 aromatic carbocycles. The van der Waals surface area contributed by atoms with E-state index in [-0.39, 0.29) is 29.4 Å². The van der Waals surface area contributed by atoms with Gasteiger partial charge >= 0.3 is 0 Å². The van der Waals surface area contributed by atoms with Crippen molar-refractivity contribution in [1.82, 2.24) is 14.8 Å². The van der Waals surface area contributed by atoms with Crippen LogP contribution in [0.2, 0.25) is 0 Å². The number of halogens is 1. The highest BCUT2D eigenvalue weighted by Gasteiger charge is 2.21. The van der Waals surface area contributed by atoms with Gasteiger partial charge in [0.2, 0.25) is 0 Å². The minimum absolute atomic E-state index is 0. The first kappa shape index (κ1) is 23.3. The number of hydrogen-bond acceptors (Lipinski definition) is 2. The lowest BCUT2D eigenvalue weighted by Gasteiger charge is -2.27. The van der Waals surface area contributed by atoms with E-state index in [2.05, 4.69) is 80.1 Å². The van der Waals surface area contributed by atoms with E-state index in [0.717, 1.165) is 24.8 Å². The molecule has 27 heavy (non-hydrogen) atoms. The van der Waals surface area contributed by atoms with Crippen LogP contribution in [0.4, 0.5) is 0 Å². The second kappa shape index (κ2) is 10.6. The average Bonchev–Trinajstić information content (AvgIpc) is 3.03. The molecular formula is C21H33IN4O. The van der Waals surface area contributed by atoms with E-state index in [0.29, 0.717) is 6.54 Å². The number of ether oxygens (including phenoxy) is 1. The molecule has 2 aromatic rings. The minimum Gasteiger partial charge on any atom is -0.497 e. The number of methoxy groups -OCH3 is 1. The van der Waals surface area contributed by atoms with E-state index in [9.17, 15) is 0 Å². The van der Waals surface area contributed by atoms with Crippen LogP contribution in [0.5, 0.6) is 5.75 Å². The van der Waals surface area contributed by atoms with Crippen LogP contribution in [0.15, 0.2) is 47.6 Å². The first-order chi connectivity index (χ1) is 12.4. The zero-order valence-electron chi connectivity index (χ0n) is 17.3. The second-order valence-electron chi connectivity index (χ2n) is 7.25. The molecule has 0 unspecified atom stereocenters. The van der Waals surface area contributed by atoms with Gasteiger partial charge in [0.15, 0.2) is 5.96 Å². The third-order valence-corrected chi connectivity index (χ3v) is 4.64. The highest BCUT2D eigenvalue weighted by atomic mass is 127. The number of nitrogens with one attached hydrogen (secondary N) is 1. The summed E-state index contributed by atoms with van der Waals surface area (Å²) in [6.45, 7) is 8.91. The van der Waals surface area contributed by atoms with Gasteiger partial charge in [0.05, 0.1) is 20.2 Å². The molecule has 1 heterocycles. The van der Waals surface area contributed by atoms with Crippen LogP contribution in [0.1, 0.15) is 32.0 Å². The van der Waals surface area contributed by atoms with E-state index >= 15 is 0 Å². The predicted octanol–water partition coefficient (Wildman–Crippen LogP) is 4.03. The van der Waals surface area contributed by atoms with Crippen LogP contribution < -0.4 is 10.1 Å². The number of hydrogen-bond donors (Lipinski definition) is 1. The van der Waals surface area contributed by atoms with Crippen molar-refractivity contribution < 1.29 is 4.74 Å². The molecule has 0 saturated carbocycles. The number of rotatable bonds is 7. The summed E-state index contributed by atoms with van der Waals surface area (Å²) in [6, 6.07) is 12.5. The van der Waals surface area contributed by atoms with E-state index < -0.39 is 0 Å². The fourth-order valence-electron chi connectivity index (χ4n) is 2.85. The van der Waals surface area contributed by atoms with Crippen molar-refractivity contribution >= 4 is 29.9 Å². The van der Waals surface area contributed by atoms with Gasteiger partial charge in [-0.25, -0.2) is 0 Å². The Kier molecular flexibility index (Phi) is 9.15. The van der Waals surface area contributed by atoms with Crippen molar-refractivity contribution in [2.24, 2.45) is 12.0 Å². The molecule has 0 radical (unpaired) electrons. The normalized spacial score (nSPS) is 11.7. The maximum atomic E-state index is 5.26. The van der Waals surface area contributed by atoms with Gasteiger partial charge < -0.3 is 19.5 Å². The monoisotopic (exact) mass is 484 g/mol. The van der Waals surface area contributed by atoms with Crippen molar-refractivity contribution in [3.8, 4) is 5.75 Å². The van der Waals surface area contributed by atoms with Crippen LogP contribution in [-0.4, -0.2) is 42.7 Å². The zero-order chi connectivity index (χ0) is 19.2. The van der Waals surface area contributed by atoms with Crippen LogP contribution in [0, 0.1) is 0 Å². The molecule has 150 valence electrons. The van der Waals surface area contributed by atoms with Gasteiger partial charge in [-0.3, -0.25) is 4.99 Å². The molecule has 2 rings (SSSR count). The maximum Gasteiger partial charge on any atom is 0.194 e. The second-order valence-corrected chi connectivity index (χ2v) is 7.25. The number of nitrogens with zero attached hydrogens (tertiary/aromatic N) is 3. The number of benzene rings is 1. The van der Waals surface area contributed by atoms with Gasteiger partial charge in [-0.2, -0.15) is 0 Å². The third-order valence-electron chi connectivity index (χ3n) is 4.64. The number of guanidine groups is 1. The molecular weight excluding hydrogens is 451 g/mol. The summed E-state index contributed by atoms with van der Waals surface area (Å²) in [6.07, 6.45) is 2.07. The fourth-order valence-corrected chi connectivity index (χ4v) is 2.85. The average molecular weight is 484 g/mol. The highest BCUT2D eigenvalue weighted by molar-refractivity contribution is 14.0. The van der Waals surface area contributed by atoms with Gasteiger partial charge in [0.1, 0.15) is 5.75 Å². The first-order valence-corrected chi connectivity index (χ1v) is 9.11. The standard InChI is InChI=1S/C21H32N4O.HI/c1-7-22-20(25(5)15-18-9-8-14-24(18)4)23-16-21(2,3)17-10-12-19(26-6)13-11-17;/h8-14H,7,15-16H2,1-6H3,(H,22,23);1H. The lowest BCUT2D eigenvalue weighted by molar-refractivity contribution is 0.414. The Morgan fingerprint density at radius 1 is 1.22 bits per heavy atom. The molecule has 0 amide bonds. The van der Waals surface area contributed by atoms with E-state index in [4.69, 9.17) is 9.73 Å². The predicted molar refractivity (Wildman–Crippen MR) is 124 cm³/mol. The molecule has 1 aromatic heterocycles. The lowest BCUT2D eigenvalue weighted by Crippen LogP contribution is -2.39. The first-order valence-electron chi connectivity index (χ1n) is 9.11. The molecule has 0 aliphatic rings. The molecule has 0 aliphatic carbocycles. The smallest absolute Gasteiger partial charge is 0.194 e. The van der Waals surface area contributed by atoms with Gasteiger partial charge in [0, 0.05) is 37.9 Å². The Labute approximate surface area is 180 Å². The molecule has 0 spiro atoms. The highest BCUT2D eigenvalue weighted by Crippen LogP contribution is 2.25. The fraction of sp³-hybridized carbons (Fsp3) is 0.476. The van der Waals surface area contributed by atoms with E-state index in [1.807, 2.05) is 12.1 Å². The largest absolute Gasteiger partial charge is 0.497 e. The molecule has 6 heteroatoms. The summed E-state index contributed by atoms with van der Waals surface area (Å²) in [5.41, 5.74) is 2.45. The van der Waals surface area contributed by atoms with E-state index in [1.54, 1.807) is 7.11 Å². The summed E-state index contributed by atoms with van der Waals surface area (Å²) in [5, 5.41) is 3.40. The Morgan fingerprint density at radius 2 is 1.89 bits per heavy atom. The summed E-state index contributed by atoms with van der Waals surface area (Å²) < 4.78 is 7.40. The molecule has 0 bridgehead atoms. The lowest BCUT2D eigenvalue weighted by atomic mass is 9.85. The molecule has 5 nitrogen and oxygen atoms in total. The third kappa shape index (κ3) is 6.45. The van der Waals surface area contributed by atoms with Gasteiger partial charge in [-0.05, 0) is 36.8 Å². The topological polar surface area (TPSA) is 41.8 Å². The van der Waals surface area contributed by atoms with Crippen LogP contribution in [0.3, 0.4) is 0 Å². The summed E-state index contributed by atoms with van der Waals surface area (Å²) in [4.78, 5) is 7.07. The molecule has 0 atom stereocenters. The molecule has 1 N–H and O–H groups in total. The van der Waals surface area contributed by atoms with Gasteiger partial charge in [-0.1, -0.05) is 26.0 Å². The quantitative estimate of drug-likeness (QED) is 0.367. The zero-order valence-corrected chi connectivity index (χ0v) is 19.7. The summed E-state index contributed by atoms with van der Waals surface area (Å²) in [5.74, 6) is 1.80. The SMILES string of the molecule is CCNC(=NCC(C)(C)c1ccc(OC)cc1)N(C)Cc1cccn1C.I. The van der Waals surface area contributed by atoms with Crippen LogP contribution >= 0.6 is 24.0 Å².